The smallest absolute Gasteiger partial charge is 0.408 e. The van der Waals surface area contributed by atoms with Crippen LogP contribution in [0.5, 0.6) is 0 Å². The third-order valence-electron chi connectivity index (χ3n) is 4.20. The molecule has 7 nitrogen and oxygen atoms in total. The number of halogens is 1. The van der Waals surface area contributed by atoms with Crippen LogP contribution in [0.2, 0.25) is 0 Å². The maximum Gasteiger partial charge on any atom is 0.408 e. The summed E-state index contributed by atoms with van der Waals surface area (Å²) in [5.41, 5.74) is 0.586. The Kier molecular flexibility index (Phi) is 11.8. The van der Waals surface area contributed by atoms with E-state index in [2.05, 4.69) is 57.5 Å². The number of hydrogen-bond acceptors (Lipinski definition) is 5. The molecule has 2 amide bonds. The van der Waals surface area contributed by atoms with E-state index in [-0.39, 0.29) is 5.91 Å². The van der Waals surface area contributed by atoms with Crippen LogP contribution < -0.4 is 10.6 Å². The van der Waals surface area contributed by atoms with E-state index in [4.69, 9.17) is 9.47 Å². The van der Waals surface area contributed by atoms with Crippen LogP contribution in [-0.2, 0) is 25.5 Å². The fraction of sp³-hybridized carbons (Fsp3) is 0.591. The molecule has 2 N–H and O–H groups in total. The van der Waals surface area contributed by atoms with Crippen LogP contribution >= 0.6 is 22.6 Å². The minimum Gasteiger partial charge on any atom is -0.467 e. The van der Waals surface area contributed by atoms with Crippen molar-refractivity contribution in [1.82, 2.24) is 10.6 Å². The average molecular weight is 532 g/mol. The molecule has 0 aliphatic heterocycles. The molecule has 0 fully saturated rings. The van der Waals surface area contributed by atoms with Crippen molar-refractivity contribution in [2.75, 3.05) is 13.7 Å². The van der Waals surface area contributed by atoms with E-state index in [9.17, 15) is 14.4 Å². The van der Waals surface area contributed by atoms with Gasteiger partial charge in [-0.25, -0.2) is 9.59 Å². The van der Waals surface area contributed by atoms with Crippen LogP contribution in [0.1, 0.15) is 58.4 Å². The zero-order valence-electron chi connectivity index (χ0n) is 18.3. The van der Waals surface area contributed by atoms with Gasteiger partial charge in [0.25, 0.3) is 0 Å². The topological polar surface area (TPSA) is 93.7 Å². The number of ether oxygens (including phenoxy) is 2. The van der Waals surface area contributed by atoms with Gasteiger partial charge >= 0.3 is 12.1 Å². The van der Waals surface area contributed by atoms with Gasteiger partial charge in [-0.15, -0.1) is 0 Å². The van der Waals surface area contributed by atoms with Crippen LogP contribution in [0.15, 0.2) is 24.3 Å². The second-order valence-electron chi connectivity index (χ2n) is 8.05. The summed E-state index contributed by atoms with van der Waals surface area (Å²) in [4.78, 5) is 35.7. The number of alkyl carbamates (subject to hydrolysis) is 1. The molecule has 0 saturated heterocycles. The maximum absolute atomic E-state index is 12.0. The van der Waals surface area contributed by atoms with Gasteiger partial charge in [0.15, 0.2) is 0 Å². The molecule has 0 heterocycles. The number of carbonyl (C=O) groups excluding carboxylic acids is 3. The van der Waals surface area contributed by atoms with Crippen molar-refractivity contribution in [2.24, 2.45) is 0 Å². The number of methoxy groups -OCH3 is 1. The molecule has 0 aliphatic carbocycles. The summed E-state index contributed by atoms with van der Waals surface area (Å²) >= 11 is 2.27. The number of benzene rings is 1. The first-order valence-corrected chi connectivity index (χ1v) is 11.3. The van der Waals surface area contributed by atoms with Crippen molar-refractivity contribution in [3.63, 3.8) is 0 Å². The lowest BCUT2D eigenvalue weighted by atomic mass is 10.1. The van der Waals surface area contributed by atoms with Gasteiger partial charge < -0.3 is 20.1 Å². The summed E-state index contributed by atoms with van der Waals surface area (Å²) < 4.78 is 11.1. The quantitative estimate of drug-likeness (QED) is 0.256. The Morgan fingerprint density at radius 3 is 2.33 bits per heavy atom. The number of rotatable bonds is 11. The summed E-state index contributed by atoms with van der Waals surface area (Å²) in [6.07, 6.45) is 3.27. The Morgan fingerprint density at radius 1 is 1.07 bits per heavy atom. The van der Waals surface area contributed by atoms with Crippen LogP contribution in [0.25, 0.3) is 0 Å². The molecule has 0 saturated carbocycles. The highest BCUT2D eigenvalue weighted by Crippen LogP contribution is 2.10. The van der Waals surface area contributed by atoms with E-state index in [0.717, 1.165) is 12.8 Å². The minimum atomic E-state index is -0.769. The summed E-state index contributed by atoms with van der Waals surface area (Å²) in [5, 5.41) is 5.45. The van der Waals surface area contributed by atoms with Crippen LogP contribution in [0.3, 0.4) is 0 Å². The van der Waals surface area contributed by atoms with Crippen molar-refractivity contribution in [3.05, 3.63) is 33.4 Å². The lowest BCUT2D eigenvalue weighted by Crippen LogP contribution is -2.44. The third-order valence-corrected chi connectivity index (χ3v) is 4.92. The standard InChI is InChI=1S/C22H33IN2O5/c1-22(2,3)30-21(28)25-18(20(27)29-4)9-5-6-15-24-19(26)10-7-8-16-11-13-17(23)14-12-16/h11-14,18H,5-10,15H2,1-4H3,(H,24,26)(H,25,28). The number of carbonyl (C=O) groups is 3. The van der Waals surface area contributed by atoms with E-state index in [0.29, 0.717) is 32.2 Å². The largest absolute Gasteiger partial charge is 0.467 e. The number of unbranched alkanes of at least 4 members (excludes halogenated alkanes) is 1. The summed E-state index contributed by atoms with van der Waals surface area (Å²) in [6, 6.07) is 7.53. The highest BCUT2D eigenvalue weighted by molar-refractivity contribution is 14.1. The monoisotopic (exact) mass is 532 g/mol. The van der Waals surface area contributed by atoms with Gasteiger partial charge in [0.2, 0.25) is 5.91 Å². The summed E-state index contributed by atoms with van der Waals surface area (Å²) in [7, 11) is 1.28. The Bertz CT molecular complexity index is 686. The number of aryl methyl sites for hydroxylation is 1. The van der Waals surface area contributed by atoms with Gasteiger partial charge in [-0.1, -0.05) is 12.1 Å². The van der Waals surface area contributed by atoms with E-state index >= 15 is 0 Å². The number of amides is 2. The number of hydrogen-bond donors (Lipinski definition) is 2. The predicted molar refractivity (Wildman–Crippen MR) is 124 cm³/mol. The molecule has 1 aromatic rings. The van der Waals surface area contributed by atoms with Crippen molar-refractivity contribution in [3.8, 4) is 0 Å². The minimum absolute atomic E-state index is 0.0249. The van der Waals surface area contributed by atoms with Gasteiger partial charge in [0, 0.05) is 16.5 Å². The highest BCUT2D eigenvalue weighted by Gasteiger charge is 2.24. The molecule has 8 heteroatoms. The van der Waals surface area contributed by atoms with Crippen molar-refractivity contribution >= 4 is 40.6 Å². The molecule has 0 aliphatic rings. The number of nitrogens with one attached hydrogen (secondary N) is 2. The molecule has 1 unspecified atom stereocenters. The zero-order chi connectivity index (χ0) is 22.6. The number of esters is 1. The molecule has 1 rings (SSSR count). The normalized spacial score (nSPS) is 12.0. The second kappa shape index (κ2) is 13.5. The Labute approximate surface area is 192 Å². The Balaban J connectivity index is 2.23. The fourth-order valence-electron chi connectivity index (χ4n) is 2.73. The molecular formula is C22H33IN2O5. The fourth-order valence-corrected chi connectivity index (χ4v) is 3.09. The van der Waals surface area contributed by atoms with E-state index < -0.39 is 23.7 Å². The van der Waals surface area contributed by atoms with Gasteiger partial charge in [0.05, 0.1) is 7.11 Å². The zero-order valence-corrected chi connectivity index (χ0v) is 20.4. The maximum atomic E-state index is 12.0. The van der Waals surface area contributed by atoms with Crippen molar-refractivity contribution < 1.29 is 23.9 Å². The first-order valence-electron chi connectivity index (χ1n) is 10.2. The van der Waals surface area contributed by atoms with Gasteiger partial charge in [-0.2, -0.15) is 0 Å². The average Bonchev–Trinajstić information content (AvgIpc) is 2.66. The first kappa shape index (κ1) is 26.2. The summed E-state index contributed by atoms with van der Waals surface area (Å²) in [6.45, 7) is 5.79. The highest BCUT2D eigenvalue weighted by atomic mass is 127. The third kappa shape index (κ3) is 12.0. The molecule has 0 aromatic heterocycles. The van der Waals surface area contributed by atoms with Gasteiger partial charge in [-0.3, -0.25) is 4.79 Å². The lowest BCUT2D eigenvalue weighted by Gasteiger charge is -2.22. The van der Waals surface area contributed by atoms with Gasteiger partial charge in [-0.05, 0) is 93.2 Å². The predicted octanol–water partition coefficient (Wildman–Crippen LogP) is 3.97. The Hall–Kier alpha value is -1.84. The van der Waals surface area contributed by atoms with E-state index in [1.54, 1.807) is 20.8 Å². The molecule has 0 spiro atoms. The van der Waals surface area contributed by atoms with E-state index in [1.165, 1.54) is 16.2 Å². The second-order valence-corrected chi connectivity index (χ2v) is 9.29. The Morgan fingerprint density at radius 2 is 1.73 bits per heavy atom. The van der Waals surface area contributed by atoms with Crippen molar-refractivity contribution in [2.45, 2.75) is 70.9 Å². The molecule has 0 bridgehead atoms. The van der Waals surface area contributed by atoms with Crippen molar-refractivity contribution in [1.29, 1.82) is 0 Å². The molecule has 1 aromatic carbocycles. The molecule has 1 atom stereocenters. The van der Waals surface area contributed by atoms with Crippen LogP contribution in [0.4, 0.5) is 4.79 Å². The first-order chi connectivity index (χ1) is 14.1. The summed E-state index contributed by atoms with van der Waals surface area (Å²) in [5.74, 6) is -0.489. The molecule has 0 radical (unpaired) electrons. The SMILES string of the molecule is COC(=O)C(CCCCNC(=O)CCCc1ccc(I)cc1)NC(=O)OC(C)(C)C. The molecular weight excluding hydrogens is 499 g/mol. The molecule has 168 valence electrons. The lowest BCUT2D eigenvalue weighted by molar-refractivity contribution is -0.143. The van der Waals surface area contributed by atoms with Crippen LogP contribution in [-0.4, -0.2) is 43.3 Å². The van der Waals surface area contributed by atoms with Gasteiger partial charge in [0.1, 0.15) is 11.6 Å². The van der Waals surface area contributed by atoms with E-state index in [1.807, 2.05) is 0 Å². The van der Waals surface area contributed by atoms with Crippen LogP contribution in [0, 0.1) is 3.57 Å². The molecule has 30 heavy (non-hydrogen) atoms.